The number of nitrogens with one attached hydrogen (secondary N) is 1. The Kier molecular flexibility index (Phi) is 4.07. The molecule has 0 bridgehead atoms. The van der Waals surface area contributed by atoms with Crippen LogP contribution < -0.4 is 5.32 Å². The van der Waals surface area contributed by atoms with Gasteiger partial charge in [-0.1, -0.05) is 29.8 Å². The molecule has 0 aliphatic heterocycles. The molecule has 0 radical (unpaired) electrons. The second kappa shape index (κ2) is 6.17. The van der Waals surface area contributed by atoms with Crippen molar-refractivity contribution in [1.82, 2.24) is 35.3 Å². The fourth-order valence-corrected chi connectivity index (χ4v) is 2.45. The van der Waals surface area contributed by atoms with Crippen molar-refractivity contribution >= 4 is 17.5 Å². The van der Waals surface area contributed by atoms with Gasteiger partial charge in [0.15, 0.2) is 5.82 Å². The number of hydrogen-bond donors (Lipinski definition) is 1. The fourth-order valence-electron chi connectivity index (χ4n) is 2.21. The van der Waals surface area contributed by atoms with Gasteiger partial charge in [-0.05, 0) is 29.5 Å². The summed E-state index contributed by atoms with van der Waals surface area (Å²) in [5, 5.41) is 18.8. The van der Waals surface area contributed by atoms with Crippen LogP contribution in [0.1, 0.15) is 22.0 Å². The van der Waals surface area contributed by atoms with E-state index >= 15 is 0 Å². The van der Waals surface area contributed by atoms with Crippen molar-refractivity contribution < 1.29 is 4.79 Å². The molecule has 3 aromatic rings. The summed E-state index contributed by atoms with van der Waals surface area (Å²) in [6, 6.07) is 9.43. The Morgan fingerprint density at radius 2 is 2.04 bits per heavy atom. The summed E-state index contributed by atoms with van der Waals surface area (Å²) in [7, 11) is 1.67. The molecular formula is C14H14ClN7O. The zero-order valence-electron chi connectivity index (χ0n) is 12.6. The molecule has 0 saturated heterocycles. The van der Waals surface area contributed by atoms with Gasteiger partial charge in [0.2, 0.25) is 0 Å². The minimum absolute atomic E-state index is 0.168. The number of carbonyl (C=O) groups is 1. The monoisotopic (exact) mass is 331 g/mol. The summed E-state index contributed by atoms with van der Waals surface area (Å²) >= 11 is 6.11. The molecular weight excluding hydrogens is 318 g/mol. The minimum atomic E-state index is -0.333. The highest BCUT2D eigenvalue weighted by molar-refractivity contribution is 6.34. The van der Waals surface area contributed by atoms with Gasteiger partial charge in [-0.25, -0.2) is 0 Å². The van der Waals surface area contributed by atoms with Crippen molar-refractivity contribution in [3.05, 3.63) is 52.6 Å². The summed E-state index contributed by atoms with van der Waals surface area (Å²) in [5.41, 5.74) is 1.73. The number of para-hydroxylation sites is 1. The molecule has 9 heteroatoms. The molecule has 0 saturated carbocycles. The third-order valence-corrected chi connectivity index (χ3v) is 3.76. The van der Waals surface area contributed by atoms with Gasteiger partial charge in [0.25, 0.3) is 5.91 Å². The maximum absolute atomic E-state index is 12.3. The van der Waals surface area contributed by atoms with Crippen LogP contribution in [0.3, 0.4) is 0 Å². The molecule has 1 aromatic carbocycles. The van der Waals surface area contributed by atoms with E-state index in [1.54, 1.807) is 18.7 Å². The second-order valence-electron chi connectivity index (χ2n) is 4.90. The third-order valence-electron chi connectivity index (χ3n) is 3.31. The number of amides is 1. The largest absolute Gasteiger partial charge is 0.343 e. The molecule has 0 aliphatic carbocycles. The van der Waals surface area contributed by atoms with Crippen molar-refractivity contribution in [2.24, 2.45) is 7.05 Å². The van der Waals surface area contributed by atoms with Gasteiger partial charge in [-0.3, -0.25) is 9.48 Å². The summed E-state index contributed by atoms with van der Waals surface area (Å²) in [6.07, 6.45) is 0. The van der Waals surface area contributed by atoms with E-state index in [0.29, 0.717) is 22.2 Å². The highest BCUT2D eigenvalue weighted by atomic mass is 35.5. The molecule has 2 heterocycles. The molecule has 8 nitrogen and oxygen atoms in total. The number of rotatable bonds is 4. The quantitative estimate of drug-likeness (QED) is 0.778. The van der Waals surface area contributed by atoms with E-state index in [2.05, 4.69) is 25.9 Å². The molecule has 0 unspecified atom stereocenters. The lowest BCUT2D eigenvalue weighted by atomic mass is 10.3. The van der Waals surface area contributed by atoms with Gasteiger partial charge in [0.05, 0.1) is 22.9 Å². The topological polar surface area (TPSA) is 90.5 Å². The standard InChI is InChI=1S/C14H14ClN7O/c1-9-12(15)13(21(2)18-9)14(23)16-8-11-17-19-20-22(11)10-6-4-3-5-7-10/h3-7H,8H2,1-2H3,(H,16,23). The first kappa shape index (κ1) is 15.2. The van der Waals surface area contributed by atoms with Gasteiger partial charge in [-0.15, -0.1) is 5.10 Å². The molecule has 1 amide bonds. The molecule has 118 valence electrons. The Hall–Kier alpha value is -2.74. The highest BCUT2D eigenvalue weighted by Gasteiger charge is 2.19. The van der Waals surface area contributed by atoms with Crippen LogP contribution in [-0.2, 0) is 13.6 Å². The first-order valence-electron chi connectivity index (χ1n) is 6.88. The maximum atomic E-state index is 12.3. The first-order valence-corrected chi connectivity index (χ1v) is 7.25. The van der Waals surface area contributed by atoms with E-state index in [1.165, 1.54) is 4.68 Å². The molecule has 0 fully saturated rings. The number of aromatic nitrogens is 6. The number of benzene rings is 1. The van der Waals surface area contributed by atoms with Crippen molar-refractivity contribution in [2.75, 3.05) is 0 Å². The van der Waals surface area contributed by atoms with Gasteiger partial charge in [0.1, 0.15) is 5.69 Å². The predicted molar refractivity (Wildman–Crippen MR) is 83.3 cm³/mol. The SMILES string of the molecule is Cc1nn(C)c(C(=O)NCc2nnnn2-c2ccccc2)c1Cl. The summed E-state index contributed by atoms with van der Waals surface area (Å²) < 4.78 is 3.02. The Morgan fingerprint density at radius 3 is 2.70 bits per heavy atom. The molecule has 2 aromatic heterocycles. The number of nitrogens with zero attached hydrogens (tertiary/aromatic N) is 6. The van der Waals surface area contributed by atoms with Crippen molar-refractivity contribution in [3.8, 4) is 5.69 Å². The normalized spacial score (nSPS) is 10.7. The van der Waals surface area contributed by atoms with E-state index in [0.717, 1.165) is 5.69 Å². The Morgan fingerprint density at radius 1 is 1.30 bits per heavy atom. The van der Waals surface area contributed by atoms with E-state index in [4.69, 9.17) is 11.6 Å². The van der Waals surface area contributed by atoms with Crippen molar-refractivity contribution in [1.29, 1.82) is 0 Å². The third kappa shape index (κ3) is 2.93. The van der Waals surface area contributed by atoms with Gasteiger partial charge < -0.3 is 5.32 Å². The highest BCUT2D eigenvalue weighted by Crippen LogP contribution is 2.19. The smallest absolute Gasteiger partial charge is 0.271 e. The molecule has 3 rings (SSSR count). The summed E-state index contributed by atoms with van der Waals surface area (Å²) in [4.78, 5) is 12.3. The lowest BCUT2D eigenvalue weighted by Gasteiger charge is -2.07. The Labute approximate surface area is 137 Å². The van der Waals surface area contributed by atoms with Crippen LogP contribution >= 0.6 is 11.6 Å². The Balaban J connectivity index is 1.77. The fraction of sp³-hybridized carbons (Fsp3) is 0.214. The summed E-state index contributed by atoms with van der Waals surface area (Å²) in [6.45, 7) is 1.91. The summed E-state index contributed by atoms with van der Waals surface area (Å²) in [5.74, 6) is 0.181. The first-order chi connectivity index (χ1) is 11.1. The molecule has 0 atom stereocenters. The molecule has 23 heavy (non-hydrogen) atoms. The van der Waals surface area contributed by atoms with Gasteiger partial charge >= 0.3 is 0 Å². The number of carbonyl (C=O) groups excluding carboxylic acids is 1. The van der Waals surface area contributed by atoms with E-state index in [1.807, 2.05) is 30.3 Å². The minimum Gasteiger partial charge on any atom is -0.343 e. The van der Waals surface area contributed by atoms with Crippen LogP contribution in [0.2, 0.25) is 5.02 Å². The second-order valence-corrected chi connectivity index (χ2v) is 5.27. The lowest BCUT2D eigenvalue weighted by Crippen LogP contribution is -2.27. The van der Waals surface area contributed by atoms with E-state index in [-0.39, 0.29) is 12.5 Å². The number of halogens is 1. The van der Waals surface area contributed by atoms with Crippen molar-refractivity contribution in [3.63, 3.8) is 0 Å². The van der Waals surface area contributed by atoms with Crippen molar-refractivity contribution in [2.45, 2.75) is 13.5 Å². The lowest BCUT2D eigenvalue weighted by molar-refractivity contribution is 0.0940. The maximum Gasteiger partial charge on any atom is 0.271 e. The number of aryl methyl sites for hydroxylation is 2. The average molecular weight is 332 g/mol. The van der Waals surface area contributed by atoms with Crippen LogP contribution in [0, 0.1) is 6.92 Å². The number of tetrazole rings is 1. The molecule has 0 spiro atoms. The zero-order valence-corrected chi connectivity index (χ0v) is 13.3. The van der Waals surface area contributed by atoms with E-state index < -0.39 is 0 Å². The van der Waals surface area contributed by atoms with Crippen LogP contribution in [-0.4, -0.2) is 35.9 Å². The zero-order chi connectivity index (χ0) is 16.4. The van der Waals surface area contributed by atoms with Crippen LogP contribution in [0.4, 0.5) is 0 Å². The van der Waals surface area contributed by atoms with Crippen LogP contribution in [0.25, 0.3) is 5.69 Å². The van der Waals surface area contributed by atoms with Crippen LogP contribution in [0.15, 0.2) is 30.3 Å². The van der Waals surface area contributed by atoms with Crippen LogP contribution in [0.5, 0.6) is 0 Å². The number of hydrogen-bond acceptors (Lipinski definition) is 5. The average Bonchev–Trinajstić information content (AvgIpc) is 3.11. The van der Waals surface area contributed by atoms with Gasteiger partial charge in [0, 0.05) is 7.05 Å². The molecule has 0 aliphatic rings. The van der Waals surface area contributed by atoms with Gasteiger partial charge in [-0.2, -0.15) is 9.78 Å². The van der Waals surface area contributed by atoms with E-state index in [9.17, 15) is 4.79 Å². The Bertz CT molecular complexity index is 840. The molecule has 1 N–H and O–H groups in total. The predicted octanol–water partition coefficient (Wildman–Crippen LogP) is 1.29.